The molecule has 3 amide bonds. The lowest BCUT2D eigenvalue weighted by atomic mass is 9.99. The molecule has 0 bridgehead atoms. The topological polar surface area (TPSA) is 149 Å². The standard InChI is InChI=1S/C25H27N5O7/c26-24(32)37-22-6-3-11-28(22)23(31)16-7-8-20(21(14-16)30(34)35)27-12-9-18(10-13-27)29-19-5-2-1-4-17(19)15-36-25(29)33/h1-2,4-5,7-8,14,18,22H,3,6,9-13,15H2,(H2,26,32)/t22-/m0/s1. The van der Waals surface area contributed by atoms with E-state index >= 15 is 0 Å². The number of ether oxygens (including phenoxy) is 2. The number of nitro benzene ring substituents is 1. The molecule has 5 rings (SSSR count). The highest BCUT2D eigenvalue weighted by molar-refractivity contribution is 5.96. The predicted molar refractivity (Wildman–Crippen MR) is 132 cm³/mol. The molecule has 0 saturated carbocycles. The van der Waals surface area contributed by atoms with Crippen LogP contribution in [0, 0.1) is 10.1 Å². The van der Waals surface area contributed by atoms with Gasteiger partial charge < -0.3 is 25.0 Å². The Morgan fingerprint density at radius 1 is 1.05 bits per heavy atom. The van der Waals surface area contributed by atoms with E-state index in [-0.39, 0.29) is 30.0 Å². The van der Waals surface area contributed by atoms with Crippen LogP contribution >= 0.6 is 0 Å². The van der Waals surface area contributed by atoms with Gasteiger partial charge in [0.2, 0.25) is 0 Å². The maximum atomic E-state index is 13.1. The summed E-state index contributed by atoms with van der Waals surface area (Å²) in [5.74, 6) is -0.459. The number of cyclic esters (lactones) is 1. The van der Waals surface area contributed by atoms with E-state index < -0.39 is 23.2 Å². The third kappa shape index (κ3) is 4.74. The molecular formula is C25H27N5O7. The van der Waals surface area contributed by atoms with Crippen molar-refractivity contribution >= 4 is 35.2 Å². The minimum Gasteiger partial charge on any atom is -0.444 e. The first kappa shape index (κ1) is 24.3. The van der Waals surface area contributed by atoms with Crippen molar-refractivity contribution in [2.75, 3.05) is 29.4 Å². The van der Waals surface area contributed by atoms with Crippen LogP contribution in [-0.4, -0.2) is 59.8 Å². The van der Waals surface area contributed by atoms with Gasteiger partial charge in [0.05, 0.1) is 10.6 Å². The number of amides is 3. The predicted octanol–water partition coefficient (Wildman–Crippen LogP) is 3.38. The lowest BCUT2D eigenvalue weighted by Gasteiger charge is -2.40. The molecule has 2 fully saturated rings. The molecule has 0 unspecified atom stereocenters. The Hall–Kier alpha value is -4.35. The number of nitrogens with two attached hydrogens (primary N) is 1. The molecule has 12 nitrogen and oxygen atoms in total. The molecule has 0 aromatic heterocycles. The van der Waals surface area contributed by atoms with Gasteiger partial charge in [-0.05, 0) is 37.5 Å². The molecule has 3 aliphatic heterocycles. The smallest absolute Gasteiger partial charge is 0.414 e. The highest BCUT2D eigenvalue weighted by Crippen LogP contribution is 2.36. The Morgan fingerprint density at radius 2 is 1.81 bits per heavy atom. The average Bonchev–Trinajstić information content (AvgIpc) is 3.35. The number of anilines is 2. The molecular weight excluding hydrogens is 482 g/mol. The molecule has 194 valence electrons. The van der Waals surface area contributed by atoms with Crippen LogP contribution in [0.4, 0.5) is 26.7 Å². The Morgan fingerprint density at radius 3 is 2.54 bits per heavy atom. The zero-order valence-electron chi connectivity index (χ0n) is 20.1. The lowest BCUT2D eigenvalue weighted by molar-refractivity contribution is -0.384. The van der Waals surface area contributed by atoms with Crippen LogP contribution in [0.1, 0.15) is 41.6 Å². The van der Waals surface area contributed by atoms with Crippen LogP contribution in [0.15, 0.2) is 42.5 Å². The summed E-state index contributed by atoms with van der Waals surface area (Å²) in [6.45, 7) is 1.59. The third-order valence-corrected chi connectivity index (χ3v) is 7.10. The number of nitro groups is 1. The minimum absolute atomic E-state index is 0.0949. The summed E-state index contributed by atoms with van der Waals surface area (Å²) >= 11 is 0. The first-order chi connectivity index (χ1) is 17.8. The van der Waals surface area contributed by atoms with Crippen molar-refractivity contribution < 1.29 is 28.8 Å². The summed E-state index contributed by atoms with van der Waals surface area (Å²) < 4.78 is 10.4. The molecule has 2 aromatic rings. The normalized spacial score (nSPS) is 19.8. The molecule has 37 heavy (non-hydrogen) atoms. The van der Waals surface area contributed by atoms with E-state index in [0.29, 0.717) is 51.0 Å². The molecule has 0 spiro atoms. The van der Waals surface area contributed by atoms with Crippen molar-refractivity contribution in [3.05, 3.63) is 63.7 Å². The Balaban J connectivity index is 1.32. The molecule has 3 aliphatic rings. The number of benzene rings is 2. The fourth-order valence-electron chi connectivity index (χ4n) is 5.35. The number of rotatable bonds is 5. The Labute approximate surface area is 212 Å². The minimum atomic E-state index is -0.976. The summed E-state index contributed by atoms with van der Waals surface area (Å²) in [4.78, 5) is 53.2. The highest BCUT2D eigenvalue weighted by Gasteiger charge is 2.36. The van der Waals surface area contributed by atoms with E-state index in [1.54, 1.807) is 17.0 Å². The van der Waals surface area contributed by atoms with Gasteiger partial charge in [0.15, 0.2) is 6.23 Å². The molecule has 1 atom stereocenters. The van der Waals surface area contributed by atoms with Crippen molar-refractivity contribution in [2.45, 2.75) is 44.6 Å². The van der Waals surface area contributed by atoms with Gasteiger partial charge in [0, 0.05) is 49.3 Å². The van der Waals surface area contributed by atoms with Crippen molar-refractivity contribution in [2.24, 2.45) is 5.73 Å². The molecule has 2 N–H and O–H groups in total. The number of hydrogen-bond acceptors (Lipinski definition) is 8. The highest BCUT2D eigenvalue weighted by atomic mass is 16.6. The van der Waals surface area contributed by atoms with Gasteiger partial charge in [-0.15, -0.1) is 0 Å². The van der Waals surface area contributed by atoms with E-state index in [4.69, 9.17) is 15.2 Å². The first-order valence-electron chi connectivity index (χ1n) is 12.2. The number of fused-ring (bicyclic) bond motifs is 1. The molecule has 2 saturated heterocycles. The van der Waals surface area contributed by atoms with Crippen molar-refractivity contribution in [3.63, 3.8) is 0 Å². The van der Waals surface area contributed by atoms with Gasteiger partial charge in [0.1, 0.15) is 12.3 Å². The van der Waals surface area contributed by atoms with Crippen molar-refractivity contribution in [3.8, 4) is 0 Å². The second-order valence-electron chi connectivity index (χ2n) is 9.26. The van der Waals surface area contributed by atoms with Crippen LogP contribution in [0.5, 0.6) is 0 Å². The summed E-state index contributed by atoms with van der Waals surface area (Å²) in [6, 6.07) is 11.9. The lowest BCUT2D eigenvalue weighted by Crippen LogP contribution is -2.49. The summed E-state index contributed by atoms with van der Waals surface area (Å²) in [5.41, 5.74) is 7.26. The zero-order valence-corrected chi connectivity index (χ0v) is 20.1. The van der Waals surface area contributed by atoms with E-state index in [1.165, 1.54) is 11.0 Å². The second-order valence-corrected chi connectivity index (χ2v) is 9.26. The van der Waals surface area contributed by atoms with Gasteiger partial charge in [-0.3, -0.25) is 19.8 Å². The average molecular weight is 510 g/mol. The number of carbonyl (C=O) groups is 3. The monoisotopic (exact) mass is 509 g/mol. The molecule has 0 radical (unpaired) electrons. The van der Waals surface area contributed by atoms with Crippen LogP contribution < -0.4 is 15.5 Å². The van der Waals surface area contributed by atoms with E-state index in [0.717, 1.165) is 11.3 Å². The van der Waals surface area contributed by atoms with Crippen LogP contribution in [0.25, 0.3) is 0 Å². The summed E-state index contributed by atoms with van der Waals surface area (Å²) in [6.07, 6.45) is 0.145. The van der Waals surface area contributed by atoms with Crippen LogP contribution in [-0.2, 0) is 16.1 Å². The van der Waals surface area contributed by atoms with Crippen molar-refractivity contribution in [1.82, 2.24) is 4.90 Å². The molecule has 0 aliphatic carbocycles. The van der Waals surface area contributed by atoms with Crippen LogP contribution in [0.2, 0.25) is 0 Å². The van der Waals surface area contributed by atoms with Gasteiger partial charge in [0.25, 0.3) is 11.6 Å². The zero-order chi connectivity index (χ0) is 26.1. The maximum Gasteiger partial charge on any atom is 0.414 e. The molecule has 3 heterocycles. The number of likely N-dealkylation sites (tertiary alicyclic amines) is 1. The SMILES string of the molecule is NC(=O)O[C@H]1CCCN1C(=O)c1ccc(N2CCC(N3C(=O)OCc4ccccc43)CC2)c([N+](=O)[O-])c1. The number of para-hydroxylation sites is 1. The summed E-state index contributed by atoms with van der Waals surface area (Å²) in [5, 5.41) is 12.0. The summed E-state index contributed by atoms with van der Waals surface area (Å²) in [7, 11) is 0. The van der Waals surface area contributed by atoms with Crippen molar-refractivity contribution in [1.29, 1.82) is 0 Å². The largest absolute Gasteiger partial charge is 0.444 e. The van der Waals surface area contributed by atoms with Gasteiger partial charge in [-0.25, -0.2) is 9.59 Å². The molecule has 12 heteroatoms. The molecule has 2 aromatic carbocycles. The maximum absolute atomic E-state index is 13.1. The Bertz CT molecular complexity index is 1240. The Kier molecular flexibility index (Phi) is 6.55. The van der Waals surface area contributed by atoms with Gasteiger partial charge >= 0.3 is 12.2 Å². The quantitative estimate of drug-likeness (QED) is 0.476. The van der Waals surface area contributed by atoms with E-state index in [9.17, 15) is 24.5 Å². The second kappa shape index (κ2) is 9.96. The first-order valence-corrected chi connectivity index (χ1v) is 12.2. The van der Waals surface area contributed by atoms with E-state index in [1.807, 2.05) is 29.2 Å². The number of nitrogens with zero attached hydrogens (tertiary/aromatic N) is 4. The number of hydrogen-bond donors (Lipinski definition) is 1. The van der Waals surface area contributed by atoms with Crippen LogP contribution in [0.3, 0.4) is 0 Å². The third-order valence-electron chi connectivity index (χ3n) is 7.10. The fourth-order valence-corrected chi connectivity index (χ4v) is 5.35. The number of carbonyl (C=O) groups excluding carboxylic acids is 3. The number of piperidine rings is 1. The fraction of sp³-hybridized carbons (Fsp3) is 0.400. The van der Waals surface area contributed by atoms with E-state index in [2.05, 4.69) is 0 Å². The van der Waals surface area contributed by atoms with Gasteiger partial charge in [-0.2, -0.15) is 0 Å². The number of primary amides is 1. The van der Waals surface area contributed by atoms with Gasteiger partial charge in [-0.1, -0.05) is 18.2 Å².